The van der Waals surface area contributed by atoms with Crippen LogP contribution in [0.4, 0.5) is 0 Å². The van der Waals surface area contributed by atoms with Crippen LogP contribution in [0.1, 0.15) is 361 Å². The van der Waals surface area contributed by atoms with Crippen molar-refractivity contribution in [3.05, 3.63) is 36.5 Å². The van der Waals surface area contributed by atoms with E-state index in [1.807, 2.05) is 0 Å². The van der Waals surface area contributed by atoms with E-state index in [1.165, 1.54) is 276 Å². The molecule has 0 aromatic rings. The zero-order chi connectivity index (χ0) is 53.6. The highest BCUT2D eigenvalue weighted by Crippen LogP contribution is 2.18. The minimum atomic E-state index is -0.671. The number of carbonyl (C=O) groups is 2. The summed E-state index contributed by atoms with van der Waals surface area (Å²) in [5.74, 6) is -0.0381. The molecule has 3 N–H and O–H groups in total. The van der Waals surface area contributed by atoms with Crippen molar-refractivity contribution >= 4 is 11.9 Å². The molecule has 0 fully saturated rings. The summed E-state index contributed by atoms with van der Waals surface area (Å²) >= 11 is 0. The van der Waals surface area contributed by atoms with E-state index in [1.54, 1.807) is 0 Å². The summed E-state index contributed by atoms with van der Waals surface area (Å²) in [5, 5.41) is 23.4. The number of rotatable bonds is 62. The van der Waals surface area contributed by atoms with Crippen molar-refractivity contribution in [2.45, 2.75) is 373 Å². The van der Waals surface area contributed by atoms with Crippen LogP contribution >= 0.6 is 0 Å². The lowest BCUT2D eigenvalue weighted by molar-refractivity contribution is -0.143. The largest absolute Gasteiger partial charge is 0.466 e. The lowest BCUT2D eigenvalue weighted by Gasteiger charge is -2.22. The standard InChI is InChI=1S/C68H129NO5/c1-3-5-7-9-11-13-15-17-19-21-25-30-34-38-42-46-50-54-58-62-68(73)74-63-59-55-51-47-43-39-35-31-27-24-23-26-29-33-37-41-45-49-53-57-61-67(72)69-65(64-70)66(71)60-56-52-48-44-40-36-32-28-22-20-18-16-14-12-10-8-6-4-2/h11,13,17,19,23,26,65-66,70-71H,3-10,12,14-16,18,20-22,24-25,27-64H2,1-2H3,(H,69,72)/b13-11-,19-17-,26-23-. The number of hydrogen-bond donors (Lipinski definition) is 3. The predicted molar refractivity (Wildman–Crippen MR) is 324 cm³/mol. The van der Waals surface area contributed by atoms with Crippen LogP contribution in [-0.2, 0) is 14.3 Å². The summed E-state index contributed by atoms with van der Waals surface area (Å²) in [6.07, 6.45) is 80.2. The fourth-order valence-corrected chi connectivity index (χ4v) is 10.3. The van der Waals surface area contributed by atoms with Crippen LogP contribution in [0.5, 0.6) is 0 Å². The molecule has 6 nitrogen and oxygen atoms in total. The van der Waals surface area contributed by atoms with Gasteiger partial charge in [-0.05, 0) is 83.5 Å². The molecule has 0 aliphatic rings. The van der Waals surface area contributed by atoms with Crippen LogP contribution in [0.15, 0.2) is 36.5 Å². The van der Waals surface area contributed by atoms with E-state index < -0.39 is 12.1 Å². The fraction of sp³-hybridized carbons (Fsp3) is 0.882. The first-order valence-electron chi connectivity index (χ1n) is 33.2. The minimum absolute atomic E-state index is 0.00297. The lowest BCUT2D eigenvalue weighted by Crippen LogP contribution is -2.45. The van der Waals surface area contributed by atoms with E-state index >= 15 is 0 Å². The zero-order valence-electron chi connectivity index (χ0n) is 49.8. The summed E-state index contributed by atoms with van der Waals surface area (Å²) in [5.41, 5.74) is 0. The topological polar surface area (TPSA) is 95.9 Å². The second kappa shape index (κ2) is 63.6. The van der Waals surface area contributed by atoms with Crippen molar-refractivity contribution in [1.29, 1.82) is 0 Å². The third kappa shape index (κ3) is 59.3. The maximum atomic E-state index is 12.5. The Morgan fingerprint density at radius 3 is 1.07 bits per heavy atom. The summed E-state index contributed by atoms with van der Waals surface area (Å²) in [7, 11) is 0. The van der Waals surface area contributed by atoms with Crippen LogP contribution < -0.4 is 5.32 Å². The number of allylic oxidation sites excluding steroid dienone is 6. The van der Waals surface area contributed by atoms with Crippen LogP contribution in [0.2, 0.25) is 0 Å². The first kappa shape index (κ1) is 72.1. The van der Waals surface area contributed by atoms with Gasteiger partial charge in [0.15, 0.2) is 0 Å². The Kier molecular flexibility index (Phi) is 62.0. The Balaban J connectivity index is 3.42. The van der Waals surface area contributed by atoms with Gasteiger partial charge in [-0.1, -0.05) is 301 Å². The normalized spacial score (nSPS) is 12.8. The highest BCUT2D eigenvalue weighted by Gasteiger charge is 2.20. The molecule has 0 aliphatic carbocycles. The average Bonchev–Trinajstić information content (AvgIpc) is 3.40. The zero-order valence-corrected chi connectivity index (χ0v) is 49.8. The average molecular weight is 1040 g/mol. The number of carbonyl (C=O) groups excluding carboxylic acids is 2. The molecule has 0 saturated carbocycles. The number of amides is 1. The fourth-order valence-electron chi connectivity index (χ4n) is 10.3. The van der Waals surface area contributed by atoms with Gasteiger partial charge in [0.05, 0.1) is 25.4 Å². The Labute approximate surface area is 462 Å². The van der Waals surface area contributed by atoms with Gasteiger partial charge in [-0.3, -0.25) is 9.59 Å². The molecule has 0 radical (unpaired) electrons. The monoisotopic (exact) mass is 1040 g/mol. The van der Waals surface area contributed by atoms with Crippen LogP contribution in [0.3, 0.4) is 0 Å². The number of hydrogen-bond acceptors (Lipinski definition) is 5. The molecule has 0 aliphatic heterocycles. The minimum Gasteiger partial charge on any atom is -0.466 e. The number of esters is 1. The summed E-state index contributed by atoms with van der Waals surface area (Å²) in [4.78, 5) is 24.6. The van der Waals surface area contributed by atoms with E-state index in [9.17, 15) is 19.8 Å². The highest BCUT2D eigenvalue weighted by atomic mass is 16.5. The molecule has 436 valence electrons. The Morgan fingerprint density at radius 2 is 0.676 bits per heavy atom. The smallest absolute Gasteiger partial charge is 0.305 e. The molecule has 0 heterocycles. The molecule has 0 spiro atoms. The molecule has 74 heavy (non-hydrogen) atoms. The van der Waals surface area contributed by atoms with Gasteiger partial charge in [-0.25, -0.2) is 0 Å². The lowest BCUT2D eigenvalue weighted by atomic mass is 10.0. The summed E-state index contributed by atoms with van der Waals surface area (Å²) in [6, 6.07) is -0.549. The van der Waals surface area contributed by atoms with Gasteiger partial charge in [0, 0.05) is 12.8 Å². The molecular weight excluding hydrogens is 911 g/mol. The van der Waals surface area contributed by atoms with E-state index in [-0.39, 0.29) is 18.5 Å². The van der Waals surface area contributed by atoms with E-state index in [4.69, 9.17) is 4.74 Å². The van der Waals surface area contributed by atoms with Crippen molar-refractivity contribution in [2.24, 2.45) is 0 Å². The number of ether oxygens (including phenoxy) is 1. The van der Waals surface area contributed by atoms with E-state index in [0.717, 1.165) is 51.4 Å². The first-order valence-corrected chi connectivity index (χ1v) is 33.2. The molecule has 0 aromatic carbocycles. The van der Waals surface area contributed by atoms with Gasteiger partial charge in [0.2, 0.25) is 5.91 Å². The van der Waals surface area contributed by atoms with Gasteiger partial charge in [-0.15, -0.1) is 0 Å². The van der Waals surface area contributed by atoms with Crippen molar-refractivity contribution in [3.63, 3.8) is 0 Å². The third-order valence-corrected chi connectivity index (χ3v) is 15.4. The molecule has 2 atom stereocenters. The van der Waals surface area contributed by atoms with Crippen LogP contribution in [0, 0.1) is 0 Å². The van der Waals surface area contributed by atoms with E-state index in [0.29, 0.717) is 25.9 Å². The van der Waals surface area contributed by atoms with Gasteiger partial charge in [0.1, 0.15) is 0 Å². The Hall–Kier alpha value is -1.92. The van der Waals surface area contributed by atoms with Gasteiger partial charge in [-0.2, -0.15) is 0 Å². The SMILES string of the molecule is CCCCC/C=C\C/C=C\CCCCCCCCCCCC(=O)OCCCCCCCCCCC/C=C\CCCCCCCCCC(=O)NC(CO)C(O)CCCCCCCCCCCCCCCCCCCC. The highest BCUT2D eigenvalue weighted by molar-refractivity contribution is 5.76. The molecule has 0 rings (SSSR count). The van der Waals surface area contributed by atoms with E-state index in [2.05, 4.69) is 55.6 Å². The summed E-state index contributed by atoms with van der Waals surface area (Å²) < 4.78 is 5.50. The second-order valence-electron chi connectivity index (χ2n) is 22.8. The quantitative estimate of drug-likeness (QED) is 0.0320. The second-order valence-corrected chi connectivity index (χ2v) is 22.8. The molecular formula is C68H129NO5. The van der Waals surface area contributed by atoms with Crippen LogP contribution in [-0.4, -0.2) is 47.4 Å². The molecule has 0 saturated heterocycles. The molecule has 0 bridgehead atoms. The number of aliphatic hydroxyl groups excluding tert-OH is 2. The third-order valence-electron chi connectivity index (χ3n) is 15.4. The van der Waals surface area contributed by atoms with Gasteiger partial charge >= 0.3 is 5.97 Å². The van der Waals surface area contributed by atoms with Crippen molar-refractivity contribution < 1.29 is 24.5 Å². The number of aliphatic hydroxyl groups is 2. The maximum absolute atomic E-state index is 12.5. The number of unbranched alkanes of at least 4 members (excludes halogenated alkanes) is 45. The van der Waals surface area contributed by atoms with Gasteiger partial charge < -0.3 is 20.3 Å². The van der Waals surface area contributed by atoms with Crippen LogP contribution in [0.25, 0.3) is 0 Å². The first-order chi connectivity index (χ1) is 36.5. The molecule has 1 amide bonds. The molecule has 2 unspecified atom stereocenters. The maximum Gasteiger partial charge on any atom is 0.305 e. The predicted octanol–water partition coefficient (Wildman–Crippen LogP) is 21.1. The molecule has 0 aromatic heterocycles. The Bertz CT molecular complexity index is 1200. The number of nitrogens with one attached hydrogen (secondary N) is 1. The van der Waals surface area contributed by atoms with Crippen molar-refractivity contribution in [1.82, 2.24) is 5.32 Å². The molecule has 6 heteroatoms. The summed E-state index contributed by atoms with van der Waals surface area (Å²) in [6.45, 7) is 4.94. The Morgan fingerprint density at radius 1 is 0.378 bits per heavy atom. The van der Waals surface area contributed by atoms with Gasteiger partial charge in [0.25, 0.3) is 0 Å². The van der Waals surface area contributed by atoms with Crippen molar-refractivity contribution in [3.8, 4) is 0 Å². The van der Waals surface area contributed by atoms with Crippen molar-refractivity contribution in [2.75, 3.05) is 13.2 Å².